The quantitative estimate of drug-likeness (QED) is 0.585. The first-order valence-electron chi connectivity index (χ1n) is 8.85. The van der Waals surface area contributed by atoms with Crippen molar-refractivity contribution in [3.8, 4) is 11.5 Å². The Bertz CT molecular complexity index is 912. The Morgan fingerprint density at radius 3 is 2.43 bits per heavy atom. The van der Waals surface area contributed by atoms with Crippen LogP contribution < -0.4 is 20.1 Å². The van der Waals surface area contributed by atoms with Crippen molar-refractivity contribution in [2.75, 3.05) is 25.6 Å². The predicted molar refractivity (Wildman–Crippen MR) is 107 cm³/mol. The number of carbonyl (C=O) groups excluding carboxylic acids is 1. The van der Waals surface area contributed by atoms with E-state index < -0.39 is 0 Å². The predicted octanol–water partition coefficient (Wildman–Crippen LogP) is 3.35. The van der Waals surface area contributed by atoms with Crippen LogP contribution in [0.1, 0.15) is 15.9 Å². The minimum atomic E-state index is -0.250. The molecule has 0 saturated carbocycles. The fourth-order valence-electron chi connectivity index (χ4n) is 2.47. The molecule has 0 bridgehead atoms. The van der Waals surface area contributed by atoms with Crippen molar-refractivity contribution in [1.82, 2.24) is 15.3 Å². The summed E-state index contributed by atoms with van der Waals surface area (Å²) < 4.78 is 10.7. The largest absolute Gasteiger partial charge is 0.497 e. The molecule has 28 heavy (non-hydrogen) atoms. The van der Waals surface area contributed by atoms with Gasteiger partial charge >= 0.3 is 0 Å². The van der Waals surface area contributed by atoms with Crippen molar-refractivity contribution in [3.05, 3.63) is 72.1 Å². The van der Waals surface area contributed by atoms with Crippen LogP contribution in [0.4, 0.5) is 11.6 Å². The van der Waals surface area contributed by atoms with E-state index in [-0.39, 0.29) is 5.91 Å². The maximum atomic E-state index is 12.2. The van der Waals surface area contributed by atoms with E-state index in [0.717, 1.165) is 17.0 Å². The molecular formula is C21H22N4O3. The van der Waals surface area contributed by atoms with Gasteiger partial charge in [-0.3, -0.25) is 4.79 Å². The van der Waals surface area contributed by atoms with Gasteiger partial charge < -0.3 is 20.1 Å². The fourth-order valence-corrected chi connectivity index (χ4v) is 2.47. The van der Waals surface area contributed by atoms with Gasteiger partial charge in [-0.15, -0.1) is 0 Å². The second-order valence-corrected chi connectivity index (χ2v) is 6.07. The van der Waals surface area contributed by atoms with E-state index in [1.165, 1.54) is 12.4 Å². The third kappa shape index (κ3) is 5.44. The Morgan fingerprint density at radius 1 is 1.04 bits per heavy atom. The Balaban J connectivity index is 1.45. The maximum Gasteiger partial charge on any atom is 0.254 e. The van der Waals surface area contributed by atoms with Crippen LogP contribution in [-0.4, -0.2) is 36.1 Å². The number of aromatic nitrogens is 2. The molecule has 1 aromatic heterocycles. The van der Waals surface area contributed by atoms with E-state index in [4.69, 9.17) is 9.47 Å². The number of hydrogen-bond acceptors (Lipinski definition) is 6. The first-order valence-corrected chi connectivity index (χ1v) is 8.85. The summed E-state index contributed by atoms with van der Waals surface area (Å²) in [7, 11) is 1.61. The van der Waals surface area contributed by atoms with Gasteiger partial charge in [0, 0.05) is 18.1 Å². The van der Waals surface area contributed by atoms with E-state index in [2.05, 4.69) is 20.6 Å². The highest BCUT2D eigenvalue weighted by atomic mass is 16.5. The Morgan fingerprint density at radius 2 is 1.75 bits per heavy atom. The molecule has 7 heteroatoms. The van der Waals surface area contributed by atoms with E-state index in [0.29, 0.717) is 30.4 Å². The molecule has 7 nitrogen and oxygen atoms in total. The molecule has 0 atom stereocenters. The zero-order valence-electron chi connectivity index (χ0n) is 15.8. The van der Waals surface area contributed by atoms with Gasteiger partial charge in [0.25, 0.3) is 5.91 Å². The van der Waals surface area contributed by atoms with E-state index in [9.17, 15) is 4.79 Å². The number of aryl methyl sites for hydroxylation is 1. The minimum Gasteiger partial charge on any atom is -0.497 e. The van der Waals surface area contributed by atoms with E-state index in [1.54, 1.807) is 7.11 Å². The summed E-state index contributed by atoms with van der Waals surface area (Å²) in [5.74, 6) is 1.66. The number of carbonyl (C=O) groups is 1. The lowest BCUT2D eigenvalue weighted by Crippen LogP contribution is -2.28. The molecule has 3 rings (SSSR count). The fraction of sp³-hybridized carbons (Fsp3) is 0.190. The van der Waals surface area contributed by atoms with Gasteiger partial charge in [-0.25, -0.2) is 9.97 Å². The molecule has 0 fully saturated rings. The number of nitrogens with one attached hydrogen (secondary N) is 2. The summed E-state index contributed by atoms with van der Waals surface area (Å²) in [5, 5.41) is 5.89. The van der Waals surface area contributed by atoms with Crippen LogP contribution in [-0.2, 0) is 0 Å². The van der Waals surface area contributed by atoms with Crippen molar-refractivity contribution in [3.63, 3.8) is 0 Å². The van der Waals surface area contributed by atoms with Crippen molar-refractivity contribution >= 4 is 17.5 Å². The number of methoxy groups -OCH3 is 1. The van der Waals surface area contributed by atoms with Crippen LogP contribution in [0.3, 0.4) is 0 Å². The average molecular weight is 378 g/mol. The summed E-state index contributed by atoms with van der Waals surface area (Å²) >= 11 is 0. The van der Waals surface area contributed by atoms with Crippen molar-refractivity contribution in [2.45, 2.75) is 6.92 Å². The molecule has 0 aliphatic rings. The second kappa shape index (κ2) is 9.36. The number of nitrogens with zero attached hydrogens (tertiary/aromatic N) is 2. The number of ether oxygens (including phenoxy) is 2. The second-order valence-electron chi connectivity index (χ2n) is 6.07. The lowest BCUT2D eigenvalue weighted by molar-refractivity contribution is 0.0946. The number of amides is 1. The summed E-state index contributed by atoms with van der Waals surface area (Å²) in [6.07, 6.45) is 2.98. The zero-order valence-corrected chi connectivity index (χ0v) is 15.8. The highest BCUT2D eigenvalue weighted by Gasteiger charge is 2.07. The molecule has 0 spiro atoms. The zero-order chi connectivity index (χ0) is 19.8. The van der Waals surface area contributed by atoms with Gasteiger partial charge in [0.15, 0.2) is 0 Å². The first-order chi connectivity index (χ1) is 13.6. The lowest BCUT2D eigenvalue weighted by Gasteiger charge is -2.09. The molecule has 0 saturated heterocycles. The summed E-state index contributed by atoms with van der Waals surface area (Å²) in [6, 6.07) is 15.1. The molecule has 0 radical (unpaired) electrons. The smallest absolute Gasteiger partial charge is 0.254 e. The van der Waals surface area contributed by atoms with Crippen LogP contribution >= 0.6 is 0 Å². The highest BCUT2D eigenvalue weighted by Crippen LogP contribution is 2.17. The summed E-state index contributed by atoms with van der Waals surface area (Å²) in [6.45, 7) is 2.73. The average Bonchev–Trinajstić information content (AvgIpc) is 2.72. The van der Waals surface area contributed by atoms with Gasteiger partial charge in [-0.1, -0.05) is 12.1 Å². The monoisotopic (exact) mass is 378 g/mol. The SMILES string of the molecule is COc1ccc(OCCNC(=O)c2cnc(Nc3cccc(C)c3)nc2)cc1. The van der Waals surface area contributed by atoms with Crippen LogP contribution in [0, 0.1) is 6.92 Å². The lowest BCUT2D eigenvalue weighted by atomic mass is 10.2. The molecule has 0 unspecified atom stereocenters. The van der Waals surface area contributed by atoms with Gasteiger partial charge in [0.1, 0.15) is 18.1 Å². The number of hydrogen-bond donors (Lipinski definition) is 2. The third-order valence-corrected chi connectivity index (χ3v) is 3.90. The summed E-state index contributed by atoms with van der Waals surface area (Å²) in [5.41, 5.74) is 2.42. The molecule has 0 aliphatic carbocycles. The van der Waals surface area contributed by atoms with Crippen molar-refractivity contribution in [1.29, 1.82) is 0 Å². The molecule has 3 aromatic rings. The normalized spacial score (nSPS) is 10.2. The summed E-state index contributed by atoms with van der Waals surface area (Å²) in [4.78, 5) is 20.6. The molecule has 2 N–H and O–H groups in total. The number of rotatable bonds is 8. The molecule has 1 amide bonds. The van der Waals surface area contributed by atoms with Crippen LogP contribution in [0.25, 0.3) is 0 Å². The minimum absolute atomic E-state index is 0.250. The molecule has 1 heterocycles. The Kier molecular flexibility index (Phi) is 6.41. The first kappa shape index (κ1) is 19.2. The van der Waals surface area contributed by atoms with E-state index in [1.807, 2.05) is 55.5 Å². The van der Waals surface area contributed by atoms with Crippen LogP contribution in [0.2, 0.25) is 0 Å². The third-order valence-electron chi connectivity index (χ3n) is 3.90. The Labute approximate surface area is 163 Å². The number of benzene rings is 2. The van der Waals surface area contributed by atoms with Gasteiger partial charge in [0.05, 0.1) is 19.2 Å². The highest BCUT2D eigenvalue weighted by molar-refractivity contribution is 5.93. The van der Waals surface area contributed by atoms with Crippen molar-refractivity contribution in [2.24, 2.45) is 0 Å². The van der Waals surface area contributed by atoms with Crippen LogP contribution in [0.5, 0.6) is 11.5 Å². The van der Waals surface area contributed by atoms with E-state index >= 15 is 0 Å². The molecule has 2 aromatic carbocycles. The van der Waals surface area contributed by atoms with Crippen molar-refractivity contribution < 1.29 is 14.3 Å². The van der Waals surface area contributed by atoms with Gasteiger partial charge in [-0.05, 0) is 48.9 Å². The number of anilines is 2. The van der Waals surface area contributed by atoms with Crippen LogP contribution in [0.15, 0.2) is 60.9 Å². The van der Waals surface area contributed by atoms with Gasteiger partial charge in [-0.2, -0.15) is 0 Å². The topological polar surface area (TPSA) is 85.4 Å². The standard InChI is InChI=1S/C21H22N4O3/c1-15-4-3-5-17(12-15)25-21-23-13-16(14-24-21)20(26)22-10-11-28-19-8-6-18(27-2)7-9-19/h3-9,12-14H,10-11H2,1-2H3,(H,22,26)(H,23,24,25). The van der Waals surface area contributed by atoms with Gasteiger partial charge in [0.2, 0.25) is 5.95 Å². The maximum absolute atomic E-state index is 12.2. The molecular weight excluding hydrogens is 356 g/mol. The molecule has 144 valence electrons. The molecule has 0 aliphatic heterocycles. The Hall–Kier alpha value is -3.61.